The van der Waals surface area contributed by atoms with Crippen LogP contribution in [0, 0.1) is 0 Å². The predicted octanol–water partition coefficient (Wildman–Crippen LogP) is 3.18. The third kappa shape index (κ3) is 3.32. The zero-order valence-electron chi connectivity index (χ0n) is 11.7. The van der Waals surface area contributed by atoms with Crippen molar-refractivity contribution in [1.29, 1.82) is 0 Å². The van der Waals surface area contributed by atoms with Crippen molar-refractivity contribution in [2.45, 2.75) is 19.8 Å². The highest BCUT2D eigenvalue weighted by Gasteiger charge is 2.08. The lowest BCUT2D eigenvalue weighted by Crippen LogP contribution is -2.04. The van der Waals surface area contributed by atoms with Gasteiger partial charge in [0.25, 0.3) is 0 Å². The minimum Gasteiger partial charge on any atom is -0.464 e. The Kier molecular flexibility index (Phi) is 4.30. The normalized spacial score (nSPS) is 10.4. The minimum atomic E-state index is -0.522. The molecule has 5 heteroatoms. The second kappa shape index (κ2) is 6.14. The van der Waals surface area contributed by atoms with Gasteiger partial charge in [-0.15, -0.1) is 0 Å². The van der Waals surface area contributed by atoms with Crippen molar-refractivity contribution in [3.8, 4) is 11.6 Å². The highest BCUT2D eigenvalue weighted by atomic mass is 16.5. The van der Waals surface area contributed by atoms with Crippen molar-refractivity contribution in [3.63, 3.8) is 0 Å². The summed E-state index contributed by atoms with van der Waals surface area (Å²) in [5.74, 6) is 0.923. The summed E-state index contributed by atoms with van der Waals surface area (Å²) < 4.78 is 10.2. The molecule has 0 radical (unpaired) electrons. The number of hydrogen-bond donors (Lipinski definition) is 0. The molecule has 2 aromatic rings. The highest BCUT2D eigenvalue weighted by molar-refractivity contribution is 5.86. The molecular weight excluding hydrogens is 256 g/mol. The molecule has 0 spiro atoms. The van der Waals surface area contributed by atoms with Crippen LogP contribution in [0.1, 0.15) is 35.8 Å². The Labute approximate surface area is 117 Å². The maximum atomic E-state index is 11.2. The van der Waals surface area contributed by atoms with Gasteiger partial charge in [-0.1, -0.05) is 26.0 Å². The van der Waals surface area contributed by atoms with E-state index in [0.29, 0.717) is 17.5 Å². The molecule has 20 heavy (non-hydrogen) atoms. The molecule has 1 heterocycles. The topological polar surface area (TPSA) is 61.3 Å². The van der Waals surface area contributed by atoms with E-state index in [2.05, 4.69) is 28.6 Å². The van der Waals surface area contributed by atoms with Crippen LogP contribution in [0.15, 0.2) is 36.7 Å². The average molecular weight is 272 g/mol. The smallest absolute Gasteiger partial charge is 0.358 e. The lowest BCUT2D eigenvalue weighted by molar-refractivity contribution is 0.0593. The molecule has 0 aliphatic carbocycles. The van der Waals surface area contributed by atoms with Crippen LogP contribution < -0.4 is 4.74 Å². The summed E-state index contributed by atoms with van der Waals surface area (Å²) in [6, 6.07) is 7.78. The quantitative estimate of drug-likeness (QED) is 0.800. The van der Waals surface area contributed by atoms with E-state index in [1.807, 2.05) is 24.3 Å². The van der Waals surface area contributed by atoms with E-state index >= 15 is 0 Å². The van der Waals surface area contributed by atoms with Crippen molar-refractivity contribution in [2.24, 2.45) is 0 Å². The number of ether oxygens (including phenoxy) is 2. The number of aromatic nitrogens is 2. The third-order valence-electron chi connectivity index (χ3n) is 2.77. The number of benzene rings is 1. The molecule has 0 fully saturated rings. The summed E-state index contributed by atoms with van der Waals surface area (Å²) >= 11 is 0. The van der Waals surface area contributed by atoms with Crippen LogP contribution in [0.5, 0.6) is 11.6 Å². The van der Waals surface area contributed by atoms with Gasteiger partial charge in [-0.3, -0.25) is 0 Å². The lowest BCUT2D eigenvalue weighted by atomic mass is 10.0. The van der Waals surface area contributed by atoms with Gasteiger partial charge in [0.2, 0.25) is 5.88 Å². The zero-order chi connectivity index (χ0) is 14.5. The van der Waals surface area contributed by atoms with E-state index in [-0.39, 0.29) is 5.69 Å². The fourth-order valence-electron chi connectivity index (χ4n) is 1.64. The molecular formula is C15H16N2O3. The number of rotatable bonds is 4. The first-order valence-corrected chi connectivity index (χ1v) is 6.28. The molecule has 104 valence electrons. The van der Waals surface area contributed by atoms with Gasteiger partial charge < -0.3 is 9.47 Å². The number of methoxy groups -OCH3 is 1. The van der Waals surface area contributed by atoms with Crippen molar-refractivity contribution in [2.75, 3.05) is 7.11 Å². The van der Waals surface area contributed by atoms with Gasteiger partial charge >= 0.3 is 5.97 Å². The van der Waals surface area contributed by atoms with Crippen molar-refractivity contribution >= 4 is 5.97 Å². The standard InChI is InChI=1S/C15H16N2O3/c1-10(2)11-5-4-6-12(7-11)20-14-9-16-13(8-17-14)15(18)19-3/h4-10H,1-3H3. The van der Waals surface area contributed by atoms with Crippen LogP contribution in [-0.2, 0) is 4.74 Å². The Bertz CT molecular complexity index is 594. The summed E-state index contributed by atoms with van der Waals surface area (Å²) in [6.45, 7) is 4.23. The van der Waals surface area contributed by atoms with Crippen LogP contribution in [0.4, 0.5) is 0 Å². The van der Waals surface area contributed by atoms with E-state index < -0.39 is 5.97 Å². The Morgan fingerprint density at radius 1 is 1.20 bits per heavy atom. The van der Waals surface area contributed by atoms with Crippen molar-refractivity contribution < 1.29 is 14.3 Å². The van der Waals surface area contributed by atoms with Crippen LogP contribution in [0.3, 0.4) is 0 Å². The summed E-state index contributed by atoms with van der Waals surface area (Å²) in [7, 11) is 1.30. The molecule has 0 amide bonds. The maximum absolute atomic E-state index is 11.2. The maximum Gasteiger partial charge on any atom is 0.358 e. The van der Waals surface area contributed by atoms with Gasteiger partial charge in [-0.05, 0) is 23.6 Å². The molecule has 5 nitrogen and oxygen atoms in total. The van der Waals surface area contributed by atoms with Gasteiger partial charge in [0, 0.05) is 0 Å². The van der Waals surface area contributed by atoms with E-state index in [1.165, 1.54) is 25.1 Å². The van der Waals surface area contributed by atoms with Crippen LogP contribution >= 0.6 is 0 Å². The summed E-state index contributed by atoms with van der Waals surface area (Å²) in [6.07, 6.45) is 2.72. The second-order valence-electron chi connectivity index (χ2n) is 4.56. The summed E-state index contributed by atoms with van der Waals surface area (Å²) in [5.41, 5.74) is 1.33. The van der Waals surface area contributed by atoms with Crippen molar-refractivity contribution in [3.05, 3.63) is 47.9 Å². The van der Waals surface area contributed by atoms with Crippen LogP contribution in [0.2, 0.25) is 0 Å². The first-order chi connectivity index (χ1) is 9.60. The van der Waals surface area contributed by atoms with E-state index in [1.54, 1.807) is 0 Å². The molecule has 1 aromatic heterocycles. The lowest BCUT2D eigenvalue weighted by Gasteiger charge is -2.09. The van der Waals surface area contributed by atoms with Gasteiger partial charge in [0.15, 0.2) is 5.69 Å². The molecule has 1 aromatic carbocycles. The van der Waals surface area contributed by atoms with Crippen LogP contribution in [-0.4, -0.2) is 23.0 Å². The summed E-state index contributed by atoms with van der Waals surface area (Å²) in [4.78, 5) is 19.2. The molecule has 0 bridgehead atoms. The first kappa shape index (κ1) is 14.0. The fraction of sp³-hybridized carbons (Fsp3) is 0.267. The van der Waals surface area contributed by atoms with Gasteiger partial charge in [0.05, 0.1) is 19.5 Å². The molecule has 0 atom stereocenters. The molecule has 2 rings (SSSR count). The van der Waals surface area contributed by atoms with Gasteiger partial charge in [-0.25, -0.2) is 14.8 Å². The molecule has 0 aliphatic heterocycles. The van der Waals surface area contributed by atoms with Gasteiger partial charge in [-0.2, -0.15) is 0 Å². The molecule has 0 unspecified atom stereocenters. The van der Waals surface area contributed by atoms with Crippen LogP contribution in [0.25, 0.3) is 0 Å². The minimum absolute atomic E-state index is 0.149. The first-order valence-electron chi connectivity index (χ1n) is 6.28. The number of esters is 1. The zero-order valence-corrected chi connectivity index (χ0v) is 11.7. The Morgan fingerprint density at radius 2 is 2.00 bits per heavy atom. The largest absolute Gasteiger partial charge is 0.464 e. The Hall–Kier alpha value is -2.43. The highest BCUT2D eigenvalue weighted by Crippen LogP contribution is 2.23. The molecule has 0 saturated heterocycles. The Morgan fingerprint density at radius 3 is 2.60 bits per heavy atom. The van der Waals surface area contributed by atoms with E-state index in [4.69, 9.17) is 4.74 Å². The fourth-order valence-corrected chi connectivity index (χ4v) is 1.64. The number of nitrogens with zero attached hydrogens (tertiary/aromatic N) is 2. The molecule has 0 saturated carbocycles. The van der Waals surface area contributed by atoms with E-state index in [9.17, 15) is 4.79 Å². The number of carbonyl (C=O) groups excluding carboxylic acids is 1. The monoisotopic (exact) mass is 272 g/mol. The van der Waals surface area contributed by atoms with Gasteiger partial charge in [0.1, 0.15) is 5.75 Å². The van der Waals surface area contributed by atoms with E-state index in [0.717, 1.165) is 0 Å². The van der Waals surface area contributed by atoms with Crippen molar-refractivity contribution in [1.82, 2.24) is 9.97 Å². The number of carbonyl (C=O) groups is 1. The number of hydrogen-bond acceptors (Lipinski definition) is 5. The second-order valence-corrected chi connectivity index (χ2v) is 4.56. The predicted molar refractivity (Wildman–Crippen MR) is 74.0 cm³/mol. The molecule has 0 N–H and O–H groups in total. The molecule has 0 aliphatic rings. The Balaban J connectivity index is 2.14. The SMILES string of the molecule is COC(=O)c1cnc(Oc2cccc(C(C)C)c2)cn1. The summed E-state index contributed by atoms with van der Waals surface area (Å²) in [5, 5.41) is 0. The average Bonchev–Trinajstić information content (AvgIpc) is 2.47. The third-order valence-corrected chi connectivity index (χ3v) is 2.77.